The summed E-state index contributed by atoms with van der Waals surface area (Å²) < 4.78 is 13.9. The van der Waals surface area contributed by atoms with Crippen molar-refractivity contribution in [3.8, 4) is 0 Å². The van der Waals surface area contributed by atoms with Crippen molar-refractivity contribution in [2.75, 3.05) is 18.9 Å². The van der Waals surface area contributed by atoms with Crippen LogP contribution in [-0.4, -0.2) is 30.7 Å². The smallest absolute Gasteiger partial charge is 0.146 e. The molecule has 1 rings (SSSR count). The van der Waals surface area contributed by atoms with Gasteiger partial charge in [-0.15, -0.1) is 0 Å². The molecule has 0 saturated heterocycles. The first-order valence-electron chi connectivity index (χ1n) is 7.79. The Kier molecular flexibility index (Phi) is 8.03. The van der Waals surface area contributed by atoms with Gasteiger partial charge in [-0.25, -0.2) is 4.39 Å². The van der Waals surface area contributed by atoms with Gasteiger partial charge < -0.3 is 5.32 Å². The highest BCUT2D eigenvalue weighted by molar-refractivity contribution is 6.30. The molecular formula is C17H26ClFN4. The summed E-state index contributed by atoms with van der Waals surface area (Å²) >= 11 is 5.96. The highest BCUT2D eigenvalue weighted by atomic mass is 35.5. The lowest BCUT2D eigenvalue weighted by molar-refractivity contribution is 0.312. The van der Waals surface area contributed by atoms with Crippen molar-refractivity contribution in [3.05, 3.63) is 40.7 Å². The maximum Gasteiger partial charge on any atom is 0.146 e. The number of allylic oxidation sites excluding steroid dienone is 1. The first-order valence-corrected chi connectivity index (χ1v) is 8.17. The van der Waals surface area contributed by atoms with E-state index in [1.54, 1.807) is 17.1 Å². The van der Waals surface area contributed by atoms with E-state index in [9.17, 15) is 4.39 Å². The molecule has 0 fully saturated rings. The number of anilines is 1. The summed E-state index contributed by atoms with van der Waals surface area (Å²) in [7, 11) is 1.88. The van der Waals surface area contributed by atoms with Gasteiger partial charge in [-0.1, -0.05) is 28.5 Å². The second-order valence-electron chi connectivity index (χ2n) is 5.82. The number of hydrogen-bond donors (Lipinski definition) is 1. The van der Waals surface area contributed by atoms with Crippen molar-refractivity contribution in [2.24, 2.45) is 10.3 Å². The third-order valence-corrected chi connectivity index (χ3v) is 3.67. The minimum Gasteiger partial charge on any atom is -0.376 e. The van der Waals surface area contributed by atoms with Crippen LogP contribution in [0.2, 0.25) is 5.02 Å². The van der Waals surface area contributed by atoms with E-state index in [0.29, 0.717) is 17.3 Å². The summed E-state index contributed by atoms with van der Waals surface area (Å²) in [6, 6.07) is 4.69. The molecule has 128 valence electrons. The molecule has 4 nitrogen and oxygen atoms in total. The van der Waals surface area contributed by atoms with Crippen LogP contribution in [-0.2, 0) is 0 Å². The zero-order valence-corrected chi connectivity index (χ0v) is 15.2. The van der Waals surface area contributed by atoms with Crippen molar-refractivity contribution in [1.29, 1.82) is 0 Å². The second kappa shape index (κ2) is 9.50. The van der Waals surface area contributed by atoms with E-state index < -0.39 is 0 Å². The van der Waals surface area contributed by atoms with Crippen LogP contribution in [0.5, 0.6) is 0 Å². The zero-order chi connectivity index (χ0) is 17.4. The summed E-state index contributed by atoms with van der Waals surface area (Å²) in [6.07, 6.45) is 2.80. The molecule has 0 radical (unpaired) electrons. The third-order valence-electron chi connectivity index (χ3n) is 3.44. The van der Waals surface area contributed by atoms with E-state index in [4.69, 9.17) is 11.6 Å². The van der Waals surface area contributed by atoms with Crippen LogP contribution in [0.4, 0.5) is 10.1 Å². The van der Waals surface area contributed by atoms with Gasteiger partial charge in [0.05, 0.1) is 11.7 Å². The summed E-state index contributed by atoms with van der Waals surface area (Å²) in [5.41, 5.74) is 1.55. The SMILES string of the molecule is C/C=C(\C)C(CCN(C)N=NC(C)C)Nc1cc(Cl)ccc1F. The molecule has 0 saturated carbocycles. The molecule has 23 heavy (non-hydrogen) atoms. The van der Waals surface area contributed by atoms with Gasteiger partial charge in [0.1, 0.15) is 5.82 Å². The maximum atomic E-state index is 13.9. The van der Waals surface area contributed by atoms with E-state index in [2.05, 4.69) is 15.7 Å². The van der Waals surface area contributed by atoms with Gasteiger partial charge in [0, 0.05) is 24.7 Å². The first kappa shape index (κ1) is 19.4. The van der Waals surface area contributed by atoms with Gasteiger partial charge in [0.25, 0.3) is 0 Å². The van der Waals surface area contributed by atoms with Gasteiger partial charge in [-0.05, 0) is 52.3 Å². The molecule has 0 spiro atoms. The Bertz CT molecular complexity index is 558. The van der Waals surface area contributed by atoms with Crippen molar-refractivity contribution >= 4 is 17.3 Å². The monoisotopic (exact) mass is 340 g/mol. The largest absolute Gasteiger partial charge is 0.376 e. The van der Waals surface area contributed by atoms with Gasteiger partial charge >= 0.3 is 0 Å². The van der Waals surface area contributed by atoms with Crippen LogP contribution in [0.25, 0.3) is 0 Å². The molecule has 1 aromatic carbocycles. The fourth-order valence-electron chi connectivity index (χ4n) is 1.96. The topological polar surface area (TPSA) is 40.0 Å². The summed E-state index contributed by atoms with van der Waals surface area (Å²) in [4.78, 5) is 0. The fourth-order valence-corrected chi connectivity index (χ4v) is 2.13. The molecule has 1 aromatic rings. The van der Waals surface area contributed by atoms with Crippen molar-refractivity contribution in [3.63, 3.8) is 0 Å². The van der Waals surface area contributed by atoms with Gasteiger partial charge in [0.15, 0.2) is 0 Å². The molecule has 0 amide bonds. The van der Waals surface area contributed by atoms with E-state index in [-0.39, 0.29) is 17.9 Å². The average molecular weight is 341 g/mol. The molecule has 0 aliphatic rings. The molecule has 6 heteroatoms. The predicted octanol–water partition coefficient (Wildman–Crippen LogP) is 5.32. The highest BCUT2D eigenvalue weighted by Gasteiger charge is 2.14. The number of benzene rings is 1. The van der Waals surface area contributed by atoms with E-state index in [0.717, 1.165) is 12.0 Å². The second-order valence-corrected chi connectivity index (χ2v) is 6.26. The minimum absolute atomic E-state index is 0.00432. The lowest BCUT2D eigenvalue weighted by atomic mass is 10.0. The lowest BCUT2D eigenvalue weighted by Crippen LogP contribution is -2.26. The predicted molar refractivity (Wildman–Crippen MR) is 95.5 cm³/mol. The Morgan fingerprint density at radius 2 is 2.13 bits per heavy atom. The molecule has 1 atom stereocenters. The van der Waals surface area contributed by atoms with Crippen molar-refractivity contribution in [1.82, 2.24) is 5.01 Å². The normalized spacial score (nSPS) is 13.7. The summed E-state index contributed by atoms with van der Waals surface area (Å²) in [6.45, 7) is 8.67. The third kappa shape index (κ3) is 6.99. The van der Waals surface area contributed by atoms with Crippen LogP contribution in [0.3, 0.4) is 0 Å². The molecule has 0 heterocycles. The van der Waals surface area contributed by atoms with Gasteiger partial charge in [0.2, 0.25) is 0 Å². The van der Waals surface area contributed by atoms with E-state index in [1.165, 1.54) is 6.07 Å². The van der Waals surface area contributed by atoms with E-state index >= 15 is 0 Å². The summed E-state index contributed by atoms with van der Waals surface area (Å²) in [5.74, 6) is -0.309. The standard InChI is InChI=1S/C17H26ClFN4/c1-6-13(4)16(9-10-23(5)22-21-12(2)3)20-17-11-14(18)7-8-15(17)19/h6-8,11-12,16,20H,9-10H2,1-5H3/b13-6+,22-21?. The summed E-state index contributed by atoms with van der Waals surface area (Å²) in [5, 5.41) is 13.8. The fraction of sp³-hybridized carbons (Fsp3) is 0.529. The minimum atomic E-state index is -0.309. The molecule has 0 aliphatic heterocycles. The Morgan fingerprint density at radius 3 is 2.74 bits per heavy atom. The van der Waals surface area contributed by atoms with Crippen molar-refractivity contribution in [2.45, 2.75) is 46.2 Å². The molecule has 1 unspecified atom stereocenters. The molecule has 0 aromatic heterocycles. The Balaban J connectivity index is 2.76. The average Bonchev–Trinajstić information content (AvgIpc) is 2.51. The Morgan fingerprint density at radius 1 is 1.43 bits per heavy atom. The number of hydrogen-bond acceptors (Lipinski definition) is 3. The van der Waals surface area contributed by atoms with Gasteiger partial charge in [-0.3, -0.25) is 5.01 Å². The number of nitrogens with one attached hydrogen (secondary N) is 1. The maximum absolute atomic E-state index is 13.9. The number of nitrogens with zero attached hydrogens (tertiary/aromatic N) is 3. The quantitative estimate of drug-likeness (QED) is 0.395. The van der Waals surface area contributed by atoms with E-state index in [1.807, 2.05) is 40.8 Å². The number of rotatable bonds is 8. The van der Waals surface area contributed by atoms with Gasteiger partial charge in [-0.2, -0.15) is 5.11 Å². The molecule has 0 bridgehead atoms. The van der Waals surface area contributed by atoms with Crippen LogP contribution in [0.1, 0.15) is 34.1 Å². The Hall–Kier alpha value is -1.62. The van der Waals surface area contributed by atoms with Crippen LogP contribution >= 0.6 is 11.6 Å². The Labute approximate surface area is 143 Å². The molecule has 1 N–H and O–H groups in total. The lowest BCUT2D eigenvalue weighted by Gasteiger charge is -2.23. The molecular weight excluding hydrogens is 315 g/mol. The zero-order valence-electron chi connectivity index (χ0n) is 14.5. The van der Waals surface area contributed by atoms with Crippen LogP contribution < -0.4 is 5.32 Å². The molecule has 0 aliphatic carbocycles. The number of halogens is 2. The van der Waals surface area contributed by atoms with Crippen molar-refractivity contribution < 1.29 is 4.39 Å². The highest BCUT2D eigenvalue weighted by Crippen LogP contribution is 2.22. The van der Waals surface area contributed by atoms with Crippen LogP contribution in [0, 0.1) is 5.82 Å². The first-order chi connectivity index (χ1) is 10.8. The van der Waals surface area contributed by atoms with Crippen LogP contribution in [0.15, 0.2) is 40.2 Å².